The molecule has 3 amide bonds. The molecular formula is C16H26N4O3. The topological polar surface area (TPSA) is 87.0 Å². The van der Waals surface area contributed by atoms with E-state index in [1.54, 1.807) is 7.05 Å². The molecule has 2 N–H and O–H groups in total. The van der Waals surface area contributed by atoms with Gasteiger partial charge in [-0.3, -0.25) is 19.3 Å². The first kappa shape index (κ1) is 19.0. The summed E-state index contributed by atoms with van der Waals surface area (Å²) in [6.07, 6.45) is 0. The largest absolute Gasteiger partial charge is 0.368 e. The van der Waals surface area contributed by atoms with Crippen LogP contribution in [0.4, 0.5) is 0 Å². The maximum Gasteiger partial charge on any atom is 0.298 e. The Balaban J connectivity index is 2.55. The van der Waals surface area contributed by atoms with Crippen molar-refractivity contribution < 1.29 is 14.4 Å². The lowest BCUT2D eigenvalue weighted by Crippen LogP contribution is -2.59. The minimum absolute atomic E-state index is 0.0591. The summed E-state index contributed by atoms with van der Waals surface area (Å²) in [6.45, 7) is 4.87. The molecule has 0 aromatic carbocycles. The zero-order valence-corrected chi connectivity index (χ0v) is 14.5. The monoisotopic (exact) mass is 322 g/mol. The van der Waals surface area contributed by atoms with Crippen LogP contribution in [0.3, 0.4) is 0 Å². The standard InChI is InChI=1S/C16H26N4O3/c1-11(2)14(15(17)22)19(5)16(23)12-9-20(10-12)13(21)7-6-8-18(3)4/h11-12,14H,8-10H2,1-5H3,(H2,17,22)/t14-/m0/s1. The summed E-state index contributed by atoms with van der Waals surface area (Å²) < 4.78 is 0. The lowest BCUT2D eigenvalue weighted by atomic mass is 9.95. The molecule has 0 unspecified atom stereocenters. The van der Waals surface area contributed by atoms with Crippen molar-refractivity contribution in [1.82, 2.24) is 14.7 Å². The third-order valence-corrected chi connectivity index (χ3v) is 3.80. The van der Waals surface area contributed by atoms with Crippen LogP contribution < -0.4 is 5.73 Å². The van der Waals surface area contributed by atoms with Gasteiger partial charge in [0.2, 0.25) is 11.8 Å². The van der Waals surface area contributed by atoms with Gasteiger partial charge in [0.1, 0.15) is 6.04 Å². The van der Waals surface area contributed by atoms with E-state index in [2.05, 4.69) is 11.8 Å². The highest BCUT2D eigenvalue weighted by atomic mass is 16.2. The molecule has 1 rings (SSSR count). The Bertz CT molecular complexity index is 527. The summed E-state index contributed by atoms with van der Waals surface area (Å²) in [5.74, 6) is 4.04. The summed E-state index contributed by atoms with van der Waals surface area (Å²) >= 11 is 0. The molecule has 0 aromatic heterocycles. The minimum atomic E-state index is -0.632. The van der Waals surface area contributed by atoms with Gasteiger partial charge in [-0.2, -0.15) is 0 Å². The van der Waals surface area contributed by atoms with Gasteiger partial charge in [-0.1, -0.05) is 19.8 Å². The fraction of sp³-hybridized carbons (Fsp3) is 0.688. The quantitative estimate of drug-likeness (QED) is 0.656. The maximum absolute atomic E-state index is 12.4. The van der Waals surface area contributed by atoms with Crippen LogP contribution in [0, 0.1) is 23.7 Å². The number of rotatable bonds is 5. The van der Waals surface area contributed by atoms with E-state index in [0.717, 1.165) is 0 Å². The SMILES string of the molecule is CC(C)[C@@H](C(N)=O)N(C)C(=O)C1CN(C(=O)C#CCN(C)C)C1. The summed E-state index contributed by atoms with van der Waals surface area (Å²) in [6, 6.07) is -0.632. The molecule has 128 valence electrons. The number of carbonyl (C=O) groups is 3. The molecule has 1 aliphatic heterocycles. The Morgan fingerprint density at radius 3 is 2.22 bits per heavy atom. The van der Waals surface area contributed by atoms with Crippen molar-refractivity contribution >= 4 is 17.7 Å². The number of hydrogen-bond donors (Lipinski definition) is 1. The average Bonchev–Trinajstić information content (AvgIpc) is 2.35. The second kappa shape index (κ2) is 7.97. The Morgan fingerprint density at radius 2 is 1.78 bits per heavy atom. The van der Waals surface area contributed by atoms with E-state index in [0.29, 0.717) is 19.6 Å². The highest BCUT2D eigenvalue weighted by Crippen LogP contribution is 2.20. The Morgan fingerprint density at radius 1 is 1.22 bits per heavy atom. The second-order valence-corrected chi connectivity index (χ2v) is 6.49. The highest BCUT2D eigenvalue weighted by molar-refractivity contribution is 5.96. The molecule has 1 saturated heterocycles. The minimum Gasteiger partial charge on any atom is -0.368 e. The first-order valence-electron chi connectivity index (χ1n) is 7.63. The number of primary amides is 1. The van der Waals surface area contributed by atoms with E-state index in [9.17, 15) is 14.4 Å². The molecule has 7 nitrogen and oxygen atoms in total. The summed E-state index contributed by atoms with van der Waals surface area (Å²) in [7, 11) is 5.33. The molecule has 0 bridgehead atoms. The van der Waals surface area contributed by atoms with Gasteiger partial charge in [-0.05, 0) is 25.9 Å². The molecular weight excluding hydrogens is 296 g/mol. The first-order valence-corrected chi connectivity index (χ1v) is 7.63. The number of carbonyl (C=O) groups excluding carboxylic acids is 3. The fourth-order valence-corrected chi connectivity index (χ4v) is 2.54. The van der Waals surface area contributed by atoms with Crippen LogP contribution in [0.15, 0.2) is 0 Å². The van der Waals surface area contributed by atoms with Gasteiger partial charge in [0.25, 0.3) is 5.91 Å². The maximum atomic E-state index is 12.4. The van der Waals surface area contributed by atoms with Crippen molar-refractivity contribution in [3.8, 4) is 11.8 Å². The number of nitrogens with two attached hydrogens (primary N) is 1. The van der Waals surface area contributed by atoms with Crippen molar-refractivity contribution in [3.05, 3.63) is 0 Å². The Labute approximate surface area is 137 Å². The Kier molecular flexibility index (Phi) is 6.58. The van der Waals surface area contributed by atoms with E-state index in [1.807, 2.05) is 32.8 Å². The number of nitrogens with zero attached hydrogens (tertiary/aromatic N) is 3. The molecule has 7 heteroatoms. The number of amides is 3. The molecule has 0 spiro atoms. The van der Waals surface area contributed by atoms with Crippen LogP contribution in [0.25, 0.3) is 0 Å². The van der Waals surface area contributed by atoms with Crippen LogP contribution in [0.1, 0.15) is 13.8 Å². The van der Waals surface area contributed by atoms with E-state index in [4.69, 9.17) is 5.73 Å². The van der Waals surface area contributed by atoms with Crippen molar-refractivity contribution in [2.45, 2.75) is 19.9 Å². The van der Waals surface area contributed by atoms with Crippen LogP contribution in [-0.2, 0) is 14.4 Å². The van der Waals surface area contributed by atoms with Crippen molar-refractivity contribution in [3.63, 3.8) is 0 Å². The molecule has 0 aromatic rings. The van der Waals surface area contributed by atoms with Gasteiger partial charge < -0.3 is 15.5 Å². The number of likely N-dealkylation sites (tertiary alicyclic amines) is 1. The van der Waals surface area contributed by atoms with Crippen molar-refractivity contribution in [2.24, 2.45) is 17.6 Å². The zero-order chi connectivity index (χ0) is 17.7. The average molecular weight is 322 g/mol. The van der Waals surface area contributed by atoms with Crippen LogP contribution in [0.2, 0.25) is 0 Å². The smallest absolute Gasteiger partial charge is 0.298 e. The normalized spacial score (nSPS) is 15.7. The second-order valence-electron chi connectivity index (χ2n) is 6.49. The van der Waals surface area contributed by atoms with Crippen molar-refractivity contribution in [2.75, 3.05) is 40.8 Å². The van der Waals surface area contributed by atoms with Gasteiger partial charge in [-0.15, -0.1) is 0 Å². The van der Waals surface area contributed by atoms with Gasteiger partial charge >= 0.3 is 0 Å². The fourth-order valence-electron chi connectivity index (χ4n) is 2.54. The van der Waals surface area contributed by atoms with Crippen LogP contribution >= 0.6 is 0 Å². The number of likely N-dealkylation sites (N-methyl/N-ethyl adjacent to an activating group) is 1. The summed E-state index contributed by atoms with van der Waals surface area (Å²) in [5.41, 5.74) is 5.37. The third kappa shape index (κ3) is 4.96. The predicted molar refractivity (Wildman–Crippen MR) is 87.0 cm³/mol. The summed E-state index contributed by atoms with van der Waals surface area (Å²) in [4.78, 5) is 40.5. The lowest BCUT2D eigenvalue weighted by molar-refractivity contribution is -0.150. The van der Waals surface area contributed by atoms with Gasteiger partial charge in [0.05, 0.1) is 12.5 Å². The third-order valence-electron chi connectivity index (χ3n) is 3.80. The highest BCUT2D eigenvalue weighted by Gasteiger charge is 2.39. The molecule has 0 aliphatic carbocycles. The molecule has 0 radical (unpaired) electrons. The molecule has 0 saturated carbocycles. The van der Waals surface area contributed by atoms with Crippen LogP contribution in [-0.4, -0.2) is 79.2 Å². The molecule has 1 atom stereocenters. The van der Waals surface area contributed by atoms with E-state index in [1.165, 1.54) is 9.80 Å². The van der Waals surface area contributed by atoms with Gasteiger partial charge in [0, 0.05) is 20.1 Å². The van der Waals surface area contributed by atoms with Gasteiger partial charge in [0.15, 0.2) is 0 Å². The molecule has 1 aliphatic rings. The molecule has 23 heavy (non-hydrogen) atoms. The van der Waals surface area contributed by atoms with E-state index in [-0.39, 0.29) is 23.7 Å². The molecule has 1 heterocycles. The van der Waals surface area contributed by atoms with E-state index >= 15 is 0 Å². The first-order chi connectivity index (χ1) is 10.6. The molecule has 1 fully saturated rings. The van der Waals surface area contributed by atoms with E-state index < -0.39 is 11.9 Å². The van der Waals surface area contributed by atoms with Gasteiger partial charge in [-0.25, -0.2) is 0 Å². The predicted octanol–water partition coefficient (Wildman–Crippen LogP) is -1.02. The number of hydrogen-bond acceptors (Lipinski definition) is 4. The summed E-state index contributed by atoms with van der Waals surface area (Å²) in [5, 5.41) is 0. The zero-order valence-electron chi connectivity index (χ0n) is 14.5. The van der Waals surface area contributed by atoms with Crippen LogP contribution in [0.5, 0.6) is 0 Å². The lowest BCUT2D eigenvalue weighted by Gasteiger charge is -2.40. The Hall–Kier alpha value is -2.07. The van der Waals surface area contributed by atoms with Crippen molar-refractivity contribution in [1.29, 1.82) is 0 Å².